The SMILES string of the molecule is Cl.Cl.Fc1cc([C@@H](c2cccs2)N2CCNCC2)cc(F)c1F. The molecule has 1 fully saturated rings. The molecule has 1 aromatic heterocycles. The molecule has 23 heavy (non-hydrogen) atoms. The van der Waals surface area contributed by atoms with Crippen molar-refractivity contribution in [2.45, 2.75) is 6.04 Å². The molecule has 0 unspecified atom stereocenters. The number of hydrogen-bond acceptors (Lipinski definition) is 3. The van der Waals surface area contributed by atoms with Crippen LogP contribution in [-0.4, -0.2) is 31.1 Å². The molecular formula is C15H17Cl2F3N2S. The lowest BCUT2D eigenvalue weighted by Gasteiger charge is -2.34. The molecule has 8 heteroatoms. The summed E-state index contributed by atoms with van der Waals surface area (Å²) in [6.07, 6.45) is 0. The maximum atomic E-state index is 13.6. The Hall–Kier alpha value is -0.790. The lowest BCUT2D eigenvalue weighted by atomic mass is 10.0. The second-order valence-electron chi connectivity index (χ2n) is 5.00. The Kier molecular flexibility index (Phi) is 7.83. The van der Waals surface area contributed by atoms with Gasteiger partial charge in [-0.15, -0.1) is 36.2 Å². The minimum absolute atomic E-state index is 0. The van der Waals surface area contributed by atoms with Crippen LogP contribution in [0.15, 0.2) is 29.6 Å². The van der Waals surface area contributed by atoms with Crippen LogP contribution in [0.2, 0.25) is 0 Å². The van der Waals surface area contributed by atoms with Crippen LogP contribution in [0.1, 0.15) is 16.5 Å². The van der Waals surface area contributed by atoms with Crippen molar-refractivity contribution in [3.63, 3.8) is 0 Å². The molecule has 3 rings (SSSR count). The number of nitrogens with one attached hydrogen (secondary N) is 1. The Morgan fingerprint density at radius 3 is 2.17 bits per heavy atom. The first-order valence-corrected chi connectivity index (χ1v) is 7.67. The highest BCUT2D eigenvalue weighted by Crippen LogP contribution is 2.33. The molecule has 0 spiro atoms. The summed E-state index contributed by atoms with van der Waals surface area (Å²) in [5.74, 6) is -3.69. The lowest BCUT2D eigenvalue weighted by molar-refractivity contribution is 0.200. The fourth-order valence-corrected chi connectivity index (χ4v) is 3.56. The summed E-state index contributed by atoms with van der Waals surface area (Å²) >= 11 is 1.53. The molecule has 1 N–H and O–H groups in total. The molecule has 0 radical (unpaired) electrons. The van der Waals surface area contributed by atoms with Crippen LogP contribution in [0.25, 0.3) is 0 Å². The van der Waals surface area contributed by atoms with Crippen LogP contribution in [0.4, 0.5) is 13.2 Å². The topological polar surface area (TPSA) is 15.3 Å². The monoisotopic (exact) mass is 384 g/mol. The number of hydrogen-bond donors (Lipinski definition) is 1. The second kappa shape index (κ2) is 8.89. The molecule has 2 nitrogen and oxygen atoms in total. The van der Waals surface area contributed by atoms with Crippen LogP contribution in [0.5, 0.6) is 0 Å². The highest BCUT2D eigenvalue weighted by Gasteiger charge is 2.26. The Bertz CT molecular complexity index is 596. The zero-order valence-electron chi connectivity index (χ0n) is 12.1. The van der Waals surface area contributed by atoms with Gasteiger partial charge >= 0.3 is 0 Å². The van der Waals surface area contributed by atoms with E-state index in [0.29, 0.717) is 5.56 Å². The molecular weight excluding hydrogens is 368 g/mol. The first-order valence-electron chi connectivity index (χ1n) is 6.79. The van der Waals surface area contributed by atoms with Crippen LogP contribution in [0, 0.1) is 17.5 Å². The van der Waals surface area contributed by atoms with E-state index >= 15 is 0 Å². The molecule has 0 bridgehead atoms. The molecule has 1 aliphatic rings. The van der Waals surface area contributed by atoms with E-state index in [1.54, 1.807) is 0 Å². The molecule has 2 heterocycles. The molecule has 0 aliphatic carbocycles. The van der Waals surface area contributed by atoms with Crippen molar-refractivity contribution >= 4 is 36.2 Å². The number of piperazine rings is 1. The van der Waals surface area contributed by atoms with Gasteiger partial charge in [0.2, 0.25) is 0 Å². The average molecular weight is 385 g/mol. The molecule has 1 saturated heterocycles. The van der Waals surface area contributed by atoms with Gasteiger partial charge in [-0.25, -0.2) is 13.2 Å². The van der Waals surface area contributed by atoms with Crippen LogP contribution >= 0.6 is 36.2 Å². The normalized spacial score (nSPS) is 16.3. The molecule has 1 aliphatic heterocycles. The van der Waals surface area contributed by atoms with E-state index in [1.165, 1.54) is 11.3 Å². The van der Waals surface area contributed by atoms with Gasteiger partial charge in [0.25, 0.3) is 0 Å². The first-order chi connectivity index (χ1) is 10.2. The van der Waals surface area contributed by atoms with Gasteiger partial charge in [-0.3, -0.25) is 4.90 Å². The van der Waals surface area contributed by atoms with Gasteiger partial charge in [-0.1, -0.05) is 6.07 Å². The van der Waals surface area contributed by atoms with Crippen molar-refractivity contribution in [3.05, 3.63) is 57.5 Å². The van der Waals surface area contributed by atoms with E-state index in [0.717, 1.165) is 43.2 Å². The van der Waals surface area contributed by atoms with Gasteiger partial charge in [0, 0.05) is 31.1 Å². The Morgan fingerprint density at radius 1 is 1.04 bits per heavy atom. The van der Waals surface area contributed by atoms with Crippen molar-refractivity contribution in [1.29, 1.82) is 0 Å². The average Bonchev–Trinajstić information content (AvgIpc) is 3.00. The molecule has 1 aromatic carbocycles. The third kappa shape index (κ3) is 4.39. The van der Waals surface area contributed by atoms with E-state index in [-0.39, 0.29) is 30.9 Å². The molecule has 0 amide bonds. The van der Waals surface area contributed by atoms with Gasteiger partial charge < -0.3 is 5.32 Å². The predicted molar refractivity (Wildman–Crippen MR) is 91.4 cm³/mol. The van der Waals surface area contributed by atoms with Crippen LogP contribution < -0.4 is 5.32 Å². The summed E-state index contributed by atoms with van der Waals surface area (Å²) in [6.45, 7) is 3.22. The van der Waals surface area contributed by atoms with E-state index in [1.807, 2.05) is 17.5 Å². The van der Waals surface area contributed by atoms with Crippen molar-refractivity contribution in [3.8, 4) is 0 Å². The standard InChI is InChI=1S/C15H15F3N2S.2ClH/c16-11-8-10(9-12(17)14(11)18)15(13-2-1-7-21-13)20-5-3-19-4-6-20;;/h1-2,7-9,15,19H,3-6H2;2*1H/t15-;;/m0../s1. The van der Waals surface area contributed by atoms with E-state index in [2.05, 4.69) is 10.2 Å². The minimum atomic E-state index is -1.41. The number of benzene rings is 1. The summed E-state index contributed by atoms with van der Waals surface area (Å²) in [5.41, 5.74) is 0.454. The fourth-order valence-electron chi connectivity index (χ4n) is 2.68. The smallest absolute Gasteiger partial charge is 0.194 e. The van der Waals surface area contributed by atoms with Gasteiger partial charge in [-0.05, 0) is 29.1 Å². The van der Waals surface area contributed by atoms with Crippen molar-refractivity contribution < 1.29 is 13.2 Å². The van der Waals surface area contributed by atoms with E-state index in [4.69, 9.17) is 0 Å². The maximum Gasteiger partial charge on any atom is 0.194 e. The number of halogens is 5. The third-order valence-corrected chi connectivity index (χ3v) is 4.58. The first kappa shape index (κ1) is 20.3. The van der Waals surface area contributed by atoms with Gasteiger partial charge in [0.05, 0.1) is 6.04 Å². The summed E-state index contributed by atoms with van der Waals surface area (Å²) in [4.78, 5) is 3.16. The largest absolute Gasteiger partial charge is 0.314 e. The molecule has 128 valence electrons. The quantitative estimate of drug-likeness (QED) is 0.804. The maximum absolute atomic E-state index is 13.6. The molecule has 2 aromatic rings. The Labute approximate surface area is 149 Å². The number of thiophene rings is 1. The van der Waals surface area contributed by atoms with Crippen molar-refractivity contribution in [2.24, 2.45) is 0 Å². The van der Waals surface area contributed by atoms with Crippen LogP contribution in [-0.2, 0) is 0 Å². The summed E-state index contributed by atoms with van der Waals surface area (Å²) < 4.78 is 40.3. The summed E-state index contributed by atoms with van der Waals surface area (Å²) in [6, 6.07) is 5.81. The Morgan fingerprint density at radius 2 is 1.65 bits per heavy atom. The van der Waals surface area contributed by atoms with Crippen LogP contribution in [0.3, 0.4) is 0 Å². The molecule has 0 saturated carbocycles. The van der Waals surface area contributed by atoms with Gasteiger partial charge in [-0.2, -0.15) is 0 Å². The van der Waals surface area contributed by atoms with Crippen molar-refractivity contribution in [2.75, 3.05) is 26.2 Å². The highest BCUT2D eigenvalue weighted by atomic mass is 35.5. The van der Waals surface area contributed by atoms with E-state index < -0.39 is 17.5 Å². The number of nitrogens with zero attached hydrogens (tertiary/aromatic N) is 1. The van der Waals surface area contributed by atoms with Gasteiger partial charge in [0.15, 0.2) is 17.5 Å². The summed E-state index contributed by atoms with van der Waals surface area (Å²) in [5, 5.41) is 5.18. The second-order valence-corrected chi connectivity index (χ2v) is 5.98. The van der Waals surface area contributed by atoms with Crippen molar-refractivity contribution in [1.82, 2.24) is 10.2 Å². The number of rotatable bonds is 3. The summed E-state index contributed by atoms with van der Waals surface area (Å²) in [7, 11) is 0. The van der Waals surface area contributed by atoms with Gasteiger partial charge in [0.1, 0.15) is 0 Å². The minimum Gasteiger partial charge on any atom is -0.314 e. The lowest BCUT2D eigenvalue weighted by Crippen LogP contribution is -2.45. The fraction of sp³-hybridized carbons (Fsp3) is 0.333. The third-order valence-electron chi connectivity index (χ3n) is 3.65. The predicted octanol–water partition coefficient (Wildman–Crippen LogP) is 4.00. The zero-order chi connectivity index (χ0) is 14.8. The highest BCUT2D eigenvalue weighted by molar-refractivity contribution is 7.10. The zero-order valence-corrected chi connectivity index (χ0v) is 14.5. The van der Waals surface area contributed by atoms with E-state index in [9.17, 15) is 13.2 Å². The Balaban J connectivity index is 0.00000132. The molecule has 1 atom stereocenters.